The molecule has 1 saturated heterocycles. The lowest BCUT2D eigenvalue weighted by Gasteiger charge is -2.32. The summed E-state index contributed by atoms with van der Waals surface area (Å²) in [6, 6.07) is 9.23. The molecule has 132 valence electrons. The molecule has 0 saturated carbocycles. The average Bonchev–Trinajstić information content (AvgIpc) is 2.62. The molecule has 1 heterocycles. The van der Waals surface area contributed by atoms with Crippen molar-refractivity contribution in [1.29, 1.82) is 0 Å². The number of halogens is 3. The Labute approximate surface area is 144 Å². The highest BCUT2D eigenvalue weighted by Crippen LogP contribution is 2.18. The van der Waals surface area contributed by atoms with E-state index in [1.165, 1.54) is 24.3 Å². The first kappa shape index (κ1) is 17.5. The molecular weight excluding hydrogens is 331 g/mol. The van der Waals surface area contributed by atoms with Gasteiger partial charge in [0.05, 0.1) is 12.7 Å². The van der Waals surface area contributed by atoms with E-state index in [0.717, 1.165) is 25.0 Å². The van der Waals surface area contributed by atoms with Crippen molar-refractivity contribution in [1.82, 2.24) is 4.90 Å². The monoisotopic (exact) mass is 349 g/mol. The second-order valence-electron chi connectivity index (χ2n) is 6.09. The lowest BCUT2D eigenvalue weighted by atomic mass is 10.1. The SMILES string of the molecule is O=C(c1cccc(F)c1)N1CCCC(OCc2ccc(F)c(F)c2)C1. The minimum absolute atomic E-state index is 0.143. The molecule has 0 radical (unpaired) electrons. The van der Waals surface area contributed by atoms with Crippen molar-refractivity contribution >= 4 is 5.91 Å². The second kappa shape index (κ2) is 7.70. The van der Waals surface area contributed by atoms with Gasteiger partial charge in [-0.2, -0.15) is 0 Å². The number of piperidine rings is 1. The van der Waals surface area contributed by atoms with Gasteiger partial charge in [0, 0.05) is 18.7 Å². The Morgan fingerprint density at radius 3 is 2.72 bits per heavy atom. The molecule has 1 unspecified atom stereocenters. The molecule has 1 aliphatic rings. The van der Waals surface area contributed by atoms with Gasteiger partial charge in [0.25, 0.3) is 5.91 Å². The van der Waals surface area contributed by atoms with Gasteiger partial charge in [-0.15, -0.1) is 0 Å². The second-order valence-corrected chi connectivity index (χ2v) is 6.09. The van der Waals surface area contributed by atoms with Crippen LogP contribution in [0.5, 0.6) is 0 Å². The first-order valence-electron chi connectivity index (χ1n) is 8.13. The van der Waals surface area contributed by atoms with E-state index in [4.69, 9.17) is 4.74 Å². The maximum Gasteiger partial charge on any atom is 0.254 e. The van der Waals surface area contributed by atoms with Crippen LogP contribution in [-0.4, -0.2) is 30.0 Å². The van der Waals surface area contributed by atoms with Crippen LogP contribution in [-0.2, 0) is 11.3 Å². The zero-order valence-corrected chi connectivity index (χ0v) is 13.6. The molecule has 25 heavy (non-hydrogen) atoms. The number of likely N-dealkylation sites (tertiary alicyclic amines) is 1. The minimum Gasteiger partial charge on any atom is -0.372 e. The van der Waals surface area contributed by atoms with Crippen LogP contribution in [0.4, 0.5) is 13.2 Å². The van der Waals surface area contributed by atoms with Crippen LogP contribution in [0.1, 0.15) is 28.8 Å². The van der Waals surface area contributed by atoms with Crippen LogP contribution >= 0.6 is 0 Å². The fourth-order valence-electron chi connectivity index (χ4n) is 2.91. The molecule has 0 spiro atoms. The van der Waals surface area contributed by atoms with Crippen LogP contribution in [0.25, 0.3) is 0 Å². The smallest absolute Gasteiger partial charge is 0.254 e. The van der Waals surface area contributed by atoms with E-state index in [-0.39, 0.29) is 18.6 Å². The number of carbonyl (C=O) groups is 1. The van der Waals surface area contributed by atoms with Gasteiger partial charge in [-0.1, -0.05) is 12.1 Å². The van der Waals surface area contributed by atoms with Crippen LogP contribution < -0.4 is 0 Å². The summed E-state index contributed by atoms with van der Waals surface area (Å²) >= 11 is 0. The number of ether oxygens (including phenoxy) is 1. The van der Waals surface area contributed by atoms with Crippen LogP contribution in [0.2, 0.25) is 0 Å². The number of carbonyl (C=O) groups excluding carboxylic acids is 1. The van der Waals surface area contributed by atoms with Gasteiger partial charge in [0.1, 0.15) is 5.82 Å². The molecule has 6 heteroatoms. The summed E-state index contributed by atoms with van der Waals surface area (Å²) in [6.07, 6.45) is 1.35. The Kier molecular flexibility index (Phi) is 5.38. The third-order valence-corrected chi connectivity index (χ3v) is 4.21. The van der Waals surface area contributed by atoms with Gasteiger partial charge in [0.15, 0.2) is 11.6 Å². The van der Waals surface area contributed by atoms with Crippen molar-refractivity contribution in [2.45, 2.75) is 25.6 Å². The normalized spacial score (nSPS) is 17.6. The zero-order chi connectivity index (χ0) is 17.8. The predicted octanol–water partition coefficient (Wildman–Crippen LogP) is 3.93. The Morgan fingerprint density at radius 1 is 1.12 bits per heavy atom. The Balaban J connectivity index is 1.59. The Bertz CT molecular complexity index is 766. The highest BCUT2D eigenvalue weighted by atomic mass is 19.2. The highest BCUT2D eigenvalue weighted by Gasteiger charge is 2.25. The predicted molar refractivity (Wildman–Crippen MR) is 86.5 cm³/mol. The number of hydrogen-bond donors (Lipinski definition) is 0. The molecule has 1 fully saturated rings. The van der Waals surface area contributed by atoms with E-state index in [0.29, 0.717) is 24.2 Å². The molecule has 3 nitrogen and oxygen atoms in total. The molecule has 0 N–H and O–H groups in total. The Morgan fingerprint density at radius 2 is 1.96 bits per heavy atom. The van der Waals surface area contributed by atoms with Crippen molar-refractivity contribution in [3.63, 3.8) is 0 Å². The molecule has 1 amide bonds. The van der Waals surface area contributed by atoms with E-state index >= 15 is 0 Å². The van der Waals surface area contributed by atoms with E-state index in [9.17, 15) is 18.0 Å². The molecule has 2 aromatic carbocycles. The minimum atomic E-state index is -0.910. The number of amides is 1. The fraction of sp³-hybridized carbons (Fsp3) is 0.316. The lowest BCUT2D eigenvalue weighted by Crippen LogP contribution is -2.43. The third kappa shape index (κ3) is 4.39. The third-order valence-electron chi connectivity index (χ3n) is 4.21. The van der Waals surface area contributed by atoms with Gasteiger partial charge in [0.2, 0.25) is 0 Å². The summed E-state index contributed by atoms with van der Waals surface area (Å²) in [5, 5.41) is 0. The van der Waals surface area contributed by atoms with E-state index in [1.54, 1.807) is 11.0 Å². The van der Waals surface area contributed by atoms with E-state index < -0.39 is 17.5 Å². The van der Waals surface area contributed by atoms with Crippen LogP contribution in [0, 0.1) is 17.5 Å². The van der Waals surface area contributed by atoms with Gasteiger partial charge in [-0.3, -0.25) is 4.79 Å². The zero-order valence-electron chi connectivity index (χ0n) is 13.6. The summed E-state index contributed by atoms with van der Waals surface area (Å²) < 4.78 is 45.2. The van der Waals surface area contributed by atoms with Crippen LogP contribution in [0.3, 0.4) is 0 Å². The largest absolute Gasteiger partial charge is 0.372 e. The van der Waals surface area contributed by atoms with Gasteiger partial charge >= 0.3 is 0 Å². The molecule has 3 rings (SSSR count). The summed E-state index contributed by atoms with van der Waals surface area (Å²) in [7, 11) is 0. The summed E-state index contributed by atoms with van der Waals surface area (Å²) in [6.45, 7) is 1.11. The van der Waals surface area contributed by atoms with Crippen molar-refractivity contribution in [3.05, 3.63) is 71.0 Å². The molecule has 0 aliphatic carbocycles. The summed E-state index contributed by atoms with van der Waals surface area (Å²) in [4.78, 5) is 14.1. The molecule has 1 atom stereocenters. The number of nitrogens with zero attached hydrogens (tertiary/aromatic N) is 1. The standard InChI is InChI=1S/C19H18F3NO2/c20-15-4-1-3-14(10-15)19(24)23-8-2-5-16(11-23)25-12-13-6-7-17(21)18(22)9-13/h1,3-4,6-7,9-10,16H,2,5,8,11-12H2. The lowest BCUT2D eigenvalue weighted by molar-refractivity contribution is -0.00683. The quantitative estimate of drug-likeness (QED) is 0.837. The van der Waals surface area contributed by atoms with E-state index in [1.807, 2.05) is 0 Å². The number of benzene rings is 2. The number of hydrogen-bond acceptors (Lipinski definition) is 2. The summed E-state index contributed by atoms with van der Waals surface area (Å²) in [5.41, 5.74) is 0.841. The number of rotatable bonds is 4. The molecule has 2 aromatic rings. The first-order valence-corrected chi connectivity index (χ1v) is 8.13. The van der Waals surface area contributed by atoms with Gasteiger partial charge < -0.3 is 9.64 Å². The fourth-order valence-corrected chi connectivity index (χ4v) is 2.91. The van der Waals surface area contributed by atoms with Gasteiger partial charge in [-0.05, 0) is 48.7 Å². The van der Waals surface area contributed by atoms with E-state index in [2.05, 4.69) is 0 Å². The maximum absolute atomic E-state index is 13.3. The topological polar surface area (TPSA) is 29.5 Å². The average molecular weight is 349 g/mol. The highest BCUT2D eigenvalue weighted by molar-refractivity contribution is 5.94. The van der Waals surface area contributed by atoms with Gasteiger partial charge in [-0.25, -0.2) is 13.2 Å². The van der Waals surface area contributed by atoms with Crippen molar-refractivity contribution in [2.75, 3.05) is 13.1 Å². The summed E-state index contributed by atoms with van der Waals surface area (Å²) in [5.74, 6) is -2.49. The van der Waals surface area contributed by atoms with Crippen LogP contribution in [0.15, 0.2) is 42.5 Å². The van der Waals surface area contributed by atoms with Crippen molar-refractivity contribution < 1.29 is 22.7 Å². The first-order chi connectivity index (χ1) is 12.0. The molecule has 0 bridgehead atoms. The van der Waals surface area contributed by atoms with Crippen molar-refractivity contribution in [2.24, 2.45) is 0 Å². The maximum atomic E-state index is 13.3. The van der Waals surface area contributed by atoms with Crippen molar-refractivity contribution in [3.8, 4) is 0 Å². The molecule has 1 aliphatic heterocycles. The molecule has 0 aromatic heterocycles. The molecular formula is C19H18F3NO2. The Hall–Kier alpha value is -2.34.